The molecule has 0 aliphatic carbocycles. The molecule has 2 amide bonds. The van der Waals surface area contributed by atoms with Crippen LogP contribution in [0.2, 0.25) is 0 Å². The molecule has 0 bridgehead atoms. The number of urea groups is 1. The van der Waals surface area contributed by atoms with Crippen molar-refractivity contribution in [2.24, 2.45) is 0 Å². The predicted octanol–water partition coefficient (Wildman–Crippen LogP) is 1.98. The van der Waals surface area contributed by atoms with Gasteiger partial charge in [-0.25, -0.2) is 9.59 Å². The number of carbonyl (C=O) groups is 2. The van der Waals surface area contributed by atoms with Crippen LogP contribution in [0.5, 0.6) is 11.5 Å². The number of allylic oxidation sites excluding steroid dienone is 1. The maximum absolute atomic E-state index is 12.1. The first-order valence-corrected chi connectivity index (χ1v) is 7.26. The van der Waals surface area contributed by atoms with Crippen LogP contribution in [0.15, 0.2) is 27.9 Å². The molecule has 7 nitrogen and oxygen atoms in total. The first-order chi connectivity index (χ1) is 10.5. The lowest BCUT2D eigenvalue weighted by atomic mass is 9.95. The number of hydrogen-bond donors (Lipinski definition) is 2. The minimum Gasteiger partial charge on any atom is -0.466 e. The highest BCUT2D eigenvalue weighted by molar-refractivity contribution is 9.10. The summed E-state index contributed by atoms with van der Waals surface area (Å²) in [4.78, 5) is 23.8. The summed E-state index contributed by atoms with van der Waals surface area (Å²) >= 11 is 3.44. The summed E-state index contributed by atoms with van der Waals surface area (Å²) in [6.45, 7) is 1.79. The predicted molar refractivity (Wildman–Crippen MR) is 79.4 cm³/mol. The Kier molecular flexibility index (Phi) is 3.69. The third kappa shape index (κ3) is 2.39. The second kappa shape index (κ2) is 5.53. The van der Waals surface area contributed by atoms with Crippen molar-refractivity contribution in [1.29, 1.82) is 0 Å². The molecule has 2 N–H and O–H groups in total. The number of rotatable bonds is 2. The van der Waals surface area contributed by atoms with Crippen molar-refractivity contribution in [3.8, 4) is 11.5 Å². The van der Waals surface area contributed by atoms with Crippen LogP contribution in [0.1, 0.15) is 18.5 Å². The lowest BCUT2D eigenvalue weighted by Crippen LogP contribution is -2.45. The molecule has 0 unspecified atom stereocenters. The molecule has 8 heteroatoms. The number of nitrogens with one attached hydrogen (secondary N) is 2. The van der Waals surface area contributed by atoms with E-state index in [1.807, 2.05) is 0 Å². The standard InChI is InChI=1S/C14H13BrN2O5/c1-6-11(13(18)20-2)12(17-14(19)16-6)7-3-9-10(4-8(7)15)22-5-21-9/h3-4,12H,5H2,1-2H3,(H2,16,17,19)/t12-/m1/s1. The third-order valence-corrected chi connectivity index (χ3v) is 4.16. The van der Waals surface area contributed by atoms with Gasteiger partial charge in [-0.2, -0.15) is 0 Å². The van der Waals surface area contributed by atoms with Crippen molar-refractivity contribution < 1.29 is 23.8 Å². The van der Waals surface area contributed by atoms with E-state index in [1.54, 1.807) is 19.1 Å². The molecule has 0 spiro atoms. The first kappa shape index (κ1) is 14.7. The monoisotopic (exact) mass is 368 g/mol. The van der Waals surface area contributed by atoms with Crippen molar-refractivity contribution >= 4 is 27.9 Å². The topological polar surface area (TPSA) is 85.9 Å². The average Bonchev–Trinajstić information content (AvgIpc) is 2.91. The Balaban J connectivity index is 2.10. The summed E-state index contributed by atoms with van der Waals surface area (Å²) in [7, 11) is 1.30. The van der Waals surface area contributed by atoms with E-state index in [0.717, 1.165) is 0 Å². The molecule has 0 aromatic heterocycles. The molecule has 22 heavy (non-hydrogen) atoms. The Bertz CT molecular complexity index is 701. The number of hydrogen-bond acceptors (Lipinski definition) is 5. The van der Waals surface area contributed by atoms with Gasteiger partial charge in [0.1, 0.15) is 0 Å². The lowest BCUT2D eigenvalue weighted by Gasteiger charge is -2.28. The van der Waals surface area contributed by atoms with Gasteiger partial charge < -0.3 is 24.8 Å². The second-order valence-corrected chi connectivity index (χ2v) is 5.64. The quantitative estimate of drug-likeness (QED) is 0.779. The van der Waals surface area contributed by atoms with Crippen LogP contribution in [-0.4, -0.2) is 25.9 Å². The second-order valence-electron chi connectivity index (χ2n) is 4.79. The number of amides is 2. The van der Waals surface area contributed by atoms with Gasteiger partial charge >= 0.3 is 12.0 Å². The molecule has 2 heterocycles. The Morgan fingerprint density at radius 2 is 2.05 bits per heavy atom. The molecule has 1 aromatic rings. The fraction of sp³-hybridized carbons (Fsp3) is 0.286. The highest BCUT2D eigenvalue weighted by atomic mass is 79.9. The number of halogens is 1. The molecule has 0 radical (unpaired) electrons. The maximum Gasteiger partial charge on any atom is 0.337 e. The van der Waals surface area contributed by atoms with E-state index in [-0.39, 0.29) is 12.8 Å². The summed E-state index contributed by atoms with van der Waals surface area (Å²) in [5.41, 5.74) is 1.46. The number of carbonyl (C=O) groups excluding carboxylic acids is 2. The van der Waals surface area contributed by atoms with Crippen LogP contribution >= 0.6 is 15.9 Å². The summed E-state index contributed by atoms with van der Waals surface area (Å²) in [5, 5.41) is 5.30. The minimum absolute atomic E-state index is 0.141. The van der Waals surface area contributed by atoms with Crippen molar-refractivity contribution in [2.75, 3.05) is 13.9 Å². The molecule has 1 aromatic carbocycles. The highest BCUT2D eigenvalue weighted by Gasteiger charge is 2.34. The zero-order valence-corrected chi connectivity index (χ0v) is 13.4. The van der Waals surface area contributed by atoms with E-state index >= 15 is 0 Å². The van der Waals surface area contributed by atoms with Crippen molar-refractivity contribution in [2.45, 2.75) is 13.0 Å². The van der Waals surface area contributed by atoms with Crippen LogP contribution in [0.4, 0.5) is 4.79 Å². The van der Waals surface area contributed by atoms with E-state index < -0.39 is 12.0 Å². The zero-order valence-electron chi connectivity index (χ0n) is 11.9. The van der Waals surface area contributed by atoms with Gasteiger partial charge in [-0.3, -0.25) is 0 Å². The van der Waals surface area contributed by atoms with E-state index in [0.29, 0.717) is 32.8 Å². The van der Waals surface area contributed by atoms with Gasteiger partial charge in [0.15, 0.2) is 11.5 Å². The molecular weight excluding hydrogens is 356 g/mol. The van der Waals surface area contributed by atoms with Gasteiger partial charge in [-0.15, -0.1) is 0 Å². The molecular formula is C14H13BrN2O5. The fourth-order valence-corrected chi connectivity index (χ4v) is 3.01. The Morgan fingerprint density at radius 3 is 2.73 bits per heavy atom. The van der Waals surface area contributed by atoms with Gasteiger partial charge in [-0.05, 0) is 24.6 Å². The van der Waals surface area contributed by atoms with Gasteiger partial charge in [-0.1, -0.05) is 15.9 Å². The highest BCUT2D eigenvalue weighted by Crippen LogP contribution is 2.41. The van der Waals surface area contributed by atoms with Crippen molar-refractivity contribution in [3.05, 3.63) is 33.4 Å². The first-order valence-electron chi connectivity index (χ1n) is 6.47. The number of fused-ring (bicyclic) bond motifs is 1. The Morgan fingerprint density at radius 1 is 1.36 bits per heavy atom. The third-order valence-electron chi connectivity index (χ3n) is 3.48. The molecule has 2 aliphatic heterocycles. The molecule has 0 saturated carbocycles. The molecule has 0 fully saturated rings. The fourth-order valence-electron chi connectivity index (χ4n) is 2.46. The number of ether oxygens (including phenoxy) is 3. The van der Waals surface area contributed by atoms with Gasteiger partial charge in [0.25, 0.3) is 0 Å². The van der Waals surface area contributed by atoms with Crippen LogP contribution in [0.3, 0.4) is 0 Å². The number of esters is 1. The van der Waals surface area contributed by atoms with E-state index in [9.17, 15) is 9.59 Å². The SMILES string of the molecule is COC(=O)C1=C(C)NC(=O)N[C@@H]1c1cc2c(cc1Br)OCO2. The Labute approximate surface area is 134 Å². The minimum atomic E-state index is -0.648. The summed E-state index contributed by atoms with van der Waals surface area (Å²) in [6.07, 6.45) is 0. The number of methoxy groups -OCH3 is 1. The molecule has 3 rings (SSSR count). The van der Waals surface area contributed by atoms with Crippen molar-refractivity contribution in [1.82, 2.24) is 10.6 Å². The van der Waals surface area contributed by atoms with Gasteiger partial charge in [0.2, 0.25) is 6.79 Å². The van der Waals surface area contributed by atoms with Crippen molar-refractivity contribution in [3.63, 3.8) is 0 Å². The maximum atomic E-state index is 12.1. The zero-order chi connectivity index (χ0) is 15.9. The van der Waals surface area contributed by atoms with E-state index in [2.05, 4.69) is 26.6 Å². The molecule has 2 aliphatic rings. The van der Waals surface area contributed by atoms with Crippen LogP contribution < -0.4 is 20.1 Å². The van der Waals surface area contributed by atoms with Crippen LogP contribution in [0.25, 0.3) is 0 Å². The Hall–Kier alpha value is -2.22. The molecule has 0 saturated heterocycles. The van der Waals surface area contributed by atoms with Gasteiger partial charge in [0.05, 0.1) is 18.7 Å². The lowest BCUT2D eigenvalue weighted by molar-refractivity contribution is -0.136. The van der Waals surface area contributed by atoms with Gasteiger partial charge in [0, 0.05) is 10.2 Å². The summed E-state index contributed by atoms with van der Waals surface area (Å²) in [5.74, 6) is 0.656. The smallest absolute Gasteiger partial charge is 0.337 e. The normalized spacial score (nSPS) is 19.6. The average molecular weight is 369 g/mol. The van der Waals surface area contributed by atoms with E-state index in [4.69, 9.17) is 14.2 Å². The van der Waals surface area contributed by atoms with Crippen LogP contribution in [-0.2, 0) is 9.53 Å². The van der Waals surface area contributed by atoms with Crippen LogP contribution in [0, 0.1) is 0 Å². The molecule has 116 valence electrons. The largest absolute Gasteiger partial charge is 0.466 e. The number of benzene rings is 1. The molecule has 1 atom stereocenters. The van der Waals surface area contributed by atoms with E-state index in [1.165, 1.54) is 7.11 Å². The summed E-state index contributed by atoms with van der Waals surface area (Å²) < 4.78 is 16.2. The summed E-state index contributed by atoms with van der Waals surface area (Å²) in [6, 6.07) is 2.44.